The quantitative estimate of drug-likeness (QED) is 0.492. The van der Waals surface area contributed by atoms with Gasteiger partial charge in [0.05, 0.1) is 7.11 Å². The summed E-state index contributed by atoms with van der Waals surface area (Å²) in [4.78, 5) is 11.9. The predicted molar refractivity (Wildman–Crippen MR) is 94.8 cm³/mol. The van der Waals surface area contributed by atoms with Gasteiger partial charge in [0.1, 0.15) is 5.75 Å². The second kappa shape index (κ2) is 9.62. The van der Waals surface area contributed by atoms with Crippen LogP contribution in [0.3, 0.4) is 0 Å². The maximum atomic E-state index is 11.9. The van der Waals surface area contributed by atoms with E-state index in [9.17, 15) is 4.79 Å². The van der Waals surface area contributed by atoms with Gasteiger partial charge < -0.3 is 4.74 Å². The molecule has 2 rings (SSSR count). The summed E-state index contributed by atoms with van der Waals surface area (Å²) < 4.78 is 5.12. The molecule has 0 aliphatic heterocycles. The van der Waals surface area contributed by atoms with Crippen LogP contribution in [0.2, 0.25) is 0 Å². The van der Waals surface area contributed by atoms with Crippen molar-refractivity contribution in [2.24, 2.45) is 0 Å². The fourth-order valence-corrected chi connectivity index (χ4v) is 2.43. The van der Waals surface area contributed by atoms with Crippen molar-refractivity contribution in [3.8, 4) is 5.75 Å². The first-order valence-electron chi connectivity index (χ1n) is 8.14. The van der Waals surface area contributed by atoms with Crippen molar-refractivity contribution in [3.63, 3.8) is 0 Å². The molecule has 0 saturated carbocycles. The van der Waals surface area contributed by atoms with Crippen molar-refractivity contribution in [2.45, 2.75) is 32.1 Å². The monoisotopic (exact) mass is 308 g/mol. The van der Waals surface area contributed by atoms with Gasteiger partial charge in [-0.15, -0.1) is 0 Å². The van der Waals surface area contributed by atoms with Crippen LogP contribution in [0.4, 0.5) is 0 Å². The Morgan fingerprint density at radius 1 is 0.957 bits per heavy atom. The van der Waals surface area contributed by atoms with Crippen LogP contribution >= 0.6 is 0 Å². The Morgan fingerprint density at radius 3 is 2.35 bits per heavy atom. The highest BCUT2D eigenvalue weighted by Crippen LogP contribution is 2.13. The number of ketones is 1. The summed E-state index contributed by atoms with van der Waals surface area (Å²) in [7, 11) is 1.65. The molecular weight excluding hydrogens is 284 g/mol. The Hall–Kier alpha value is -2.35. The number of ether oxygens (including phenoxy) is 1. The molecule has 0 N–H and O–H groups in total. The molecule has 2 heteroatoms. The topological polar surface area (TPSA) is 26.3 Å². The van der Waals surface area contributed by atoms with Gasteiger partial charge in [-0.1, -0.05) is 48.5 Å². The molecule has 0 spiro atoms. The molecular formula is C21H24O2. The molecule has 0 fully saturated rings. The van der Waals surface area contributed by atoms with Crippen LogP contribution < -0.4 is 4.74 Å². The van der Waals surface area contributed by atoms with Crippen molar-refractivity contribution in [1.29, 1.82) is 0 Å². The van der Waals surface area contributed by atoms with Crippen LogP contribution in [0.25, 0.3) is 0 Å². The van der Waals surface area contributed by atoms with E-state index < -0.39 is 0 Å². The second-order valence-corrected chi connectivity index (χ2v) is 5.59. The first kappa shape index (κ1) is 17.0. The van der Waals surface area contributed by atoms with Crippen LogP contribution in [-0.2, 0) is 17.6 Å². The van der Waals surface area contributed by atoms with Crippen LogP contribution in [0.15, 0.2) is 66.7 Å². The van der Waals surface area contributed by atoms with E-state index in [1.807, 2.05) is 36.4 Å². The molecule has 0 heterocycles. The average molecular weight is 308 g/mol. The molecule has 0 aliphatic carbocycles. The standard InChI is InChI=1S/C21H24O2/c1-23-21-16-13-19(14-17-21)12-15-20(22)11-7-3-6-10-18-8-4-2-5-9-18/h2,4-5,7-9,11,13-14,16-17H,3,6,10,12,15H2,1H3/b11-7+. The maximum Gasteiger partial charge on any atom is 0.155 e. The average Bonchev–Trinajstić information content (AvgIpc) is 2.61. The summed E-state index contributed by atoms with van der Waals surface area (Å²) >= 11 is 0. The first-order chi connectivity index (χ1) is 11.3. The molecule has 0 radical (unpaired) electrons. The van der Waals surface area contributed by atoms with Gasteiger partial charge in [-0.25, -0.2) is 0 Å². The first-order valence-corrected chi connectivity index (χ1v) is 8.14. The molecule has 0 amide bonds. The van der Waals surface area contributed by atoms with E-state index in [0.29, 0.717) is 6.42 Å². The fourth-order valence-electron chi connectivity index (χ4n) is 2.43. The largest absolute Gasteiger partial charge is 0.497 e. The van der Waals surface area contributed by atoms with Crippen molar-refractivity contribution in [2.75, 3.05) is 7.11 Å². The van der Waals surface area contributed by atoms with E-state index in [4.69, 9.17) is 4.74 Å². The molecule has 120 valence electrons. The Morgan fingerprint density at radius 2 is 1.65 bits per heavy atom. The number of aryl methyl sites for hydroxylation is 2. The zero-order valence-electron chi connectivity index (χ0n) is 13.7. The molecule has 0 atom stereocenters. The van der Waals surface area contributed by atoms with Gasteiger partial charge in [-0.05, 0) is 55.0 Å². The lowest BCUT2D eigenvalue weighted by Gasteiger charge is -2.02. The highest BCUT2D eigenvalue weighted by Gasteiger charge is 1.99. The number of allylic oxidation sites excluding steroid dienone is 2. The molecule has 2 nitrogen and oxygen atoms in total. The fraction of sp³-hybridized carbons (Fsp3) is 0.286. The van der Waals surface area contributed by atoms with Gasteiger partial charge in [-0.2, -0.15) is 0 Å². The second-order valence-electron chi connectivity index (χ2n) is 5.59. The van der Waals surface area contributed by atoms with E-state index in [0.717, 1.165) is 37.0 Å². The van der Waals surface area contributed by atoms with Crippen molar-refractivity contribution < 1.29 is 9.53 Å². The summed E-state index contributed by atoms with van der Waals surface area (Å²) in [6, 6.07) is 18.3. The number of hydrogen-bond donors (Lipinski definition) is 0. The van der Waals surface area contributed by atoms with Gasteiger partial charge >= 0.3 is 0 Å². The van der Waals surface area contributed by atoms with Crippen LogP contribution in [0.1, 0.15) is 30.4 Å². The van der Waals surface area contributed by atoms with E-state index >= 15 is 0 Å². The number of carbonyl (C=O) groups is 1. The van der Waals surface area contributed by atoms with Gasteiger partial charge in [-0.3, -0.25) is 4.79 Å². The van der Waals surface area contributed by atoms with Gasteiger partial charge in [0.25, 0.3) is 0 Å². The molecule has 0 unspecified atom stereocenters. The third kappa shape index (κ3) is 6.52. The lowest BCUT2D eigenvalue weighted by Crippen LogP contribution is -1.96. The Kier molecular flexibility index (Phi) is 7.12. The molecule has 2 aromatic carbocycles. The van der Waals surface area contributed by atoms with Gasteiger partial charge in [0.2, 0.25) is 0 Å². The Bertz CT molecular complexity index is 612. The lowest BCUT2D eigenvalue weighted by molar-refractivity contribution is -0.114. The SMILES string of the molecule is COc1ccc(CCC(=O)/C=C/CCCc2ccccc2)cc1. The van der Waals surface area contributed by atoms with Gasteiger partial charge in [0.15, 0.2) is 5.78 Å². The van der Waals surface area contributed by atoms with Crippen LogP contribution in [-0.4, -0.2) is 12.9 Å². The van der Waals surface area contributed by atoms with E-state index in [-0.39, 0.29) is 5.78 Å². The molecule has 0 saturated heterocycles. The van der Waals surface area contributed by atoms with Crippen molar-refractivity contribution >= 4 is 5.78 Å². The normalized spacial score (nSPS) is 10.8. The Balaban J connectivity index is 1.63. The number of carbonyl (C=O) groups excluding carboxylic acids is 1. The third-order valence-electron chi connectivity index (χ3n) is 3.80. The van der Waals surface area contributed by atoms with Crippen LogP contribution in [0, 0.1) is 0 Å². The summed E-state index contributed by atoms with van der Waals surface area (Å²) in [6.07, 6.45) is 8.15. The van der Waals surface area contributed by atoms with Crippen molar-refractivity contribution in [1.82, 2.24) is 0 Å². The third-order valence-corrected chi connectivity index (χ3v) is 3.80. The summed E-state index contributed by atoms with van der Waals surface area (Å²) in [5.41, 5.74) is 2.52. The maximum absolute atomic E-state index is 11.9. The smallest absolute Gasteiger partial charge is 0.155 e. The number of benzene rings is 2. The van der Waals surface area contributed by atoms with Crippen molar-refractivity contribution in [3.05, 3.63) is 77.9 Å². The molecule has 23 heavy (non-hydrogen) atoms. The van der Waals surface area contributed by atoms with E-state index in [1.165, 1.54) is 5.56 Å². The minimum atomic E-state index is 0.195. The zero-order chi connectivity index (χ0) is 16.3. The zero-order valence-corrected chi connectivity index (χ0v) is 13.7. The van der Waals surface area contributed by atoms with Crippen LogP contribution in [0.5, 0.6) is 5.75 Å². The number of rotatable bonds is 9. The molecule has 0 aromatic heterocycles. The molecule has 0 bridgehead atoms. The minimum Gasteiger partial charge on any atom is -0.497 e. The van der Waals surface area contributed by atoms with E-state index in [1.54, 1.807) is 13.2 Å². The lowest BCUT2D eigenvalue weighted by atomic mass is 10.1. The number of methoxy groups -OCH3 is 1. The minimum absolute atomic E-state index is 0.195. The number of hydrogen-bond acceptors (Lipinski definition) is 2. The highest BCUT2D eigenvalue weighted by atomic mass is 16.5. The summed E-state index contributed by atoms with van der Waals surface area (Å²) in [5.74, 6) is 1.04. The highest BCUT2D eigenvalue weighted by molar-refractivity contribution is 5.89. The van der Waals surface area contributed by atoms with Gasteiger partial charge in [0, 0.05) is 6.42 Å². The van der Waals surface area contributed by atoms with E-state index in [2.05, 4.69) is 24.3 Å². The Labute approximate surface area is 138 Å². The number of unbranched alkanes of at least 4 members (excludes halogenated alkanes) is 1. The summed E-state index contributed by atoms with van der Waals surface area (Å²) in [5, 5.41) is 0. The summed E-state index contributed by atoms with van der Waals surface area (Å²) in [6.45, 7) is 0. The molecule has 0 aliphatic rings. The predicted octanol–water partition coefficient (Wildman–Crippen LogP) is 4.78. The molecule has 2 aromatic rings.